The minimum atomic E-state index is -4.48. The average molecular weight is 418 g/mol. The van der Waals surface area contributed by atoms with Crippen LogP contribution in [0.4, 0.5) is 13.2 Å². The van der Waals surface area contributed by atoms with Gasteiger partial charge < -0.3 is 4.90 Å². The quantitative estimate of drug-likeness (QED) is 0.574. The standard InChI is InChI=1S/C20H17F3N4OS/c1-13-7-9-26(10-8-13)19(28)17-24-18(16-6-3-11-29-16)27(25-17)15-5-2-4-14(12-15)20(21,22)23/h2-6,11-12H,1,7-10H2. The van der Waals surface area contributed by atoms with E-state index in [1.807, 2.05) is 11.4 Å². The number of thiophene rings is 1. The van der Waals surface area contributed by atoms with Gasteiger partial charge in [0, 0.05) is 13.1 Å². The second kappa shape index (κ2) is 7.47. The largest absolute Gasteiger partial charge is 0.416 e. The summed E-state index contributed by atoms with van der Waals surface area (Å²) in [6, 6.07) is 8.43. The van der Waals surface area contributed by atoms with Crippen molar-refractivity contribution in [1.29, 1.82) is 0 Å². The highest BCUT2D eigenvalue weighted by Crippen LogP contribution is 2.32. The van der Waals surface area contributed by atoms with Crippen LogP contribution in [-0.4, -0.2) is 38.7 Å². The third kappa shape index (κ3) is 3.95. The van der Waals surface area contributed by atoms with Crippen molar-refractivity contribution < 1.29 is 18.0 Å². The Kier molecular flexibility index (Phi) is 4.99. The number of nitrogens with zero attached hydrogens (tertiary/aromatic N) is 4. The van der Waals surface area contributed by atoms with Crippen LogP contribution in [0.3, 0.4) is 0 Å². The van der Waals surface area contributed by atoms with Crippen molar-refractivity contribution in [3.63, 3.8) is 0 Å². The van der Waals surface area contributed by atoms with Crippen LogP contribution in [0.1, 0.15) is 29.0 Å². The number of carbonyl (C=O) groups is 1. The second-order valence-electron chi connectivity index (χ2n) is 6.74. The molecular formula is C20H17F3N4OS. The van der Waals surface area contributed by atoms with E-state index in [0.29, 0.717) is 23.8 Å². The molecule has 1 amide bonds. The molecule has 5 nitrogen and oxygen atoms in total. The number of alkyl halides is 3. The summed E-state index contributed by atoms with van der Waals surface area (Å²) in [7, 11) is 0. The normalized spacial score (nSPS) is 15.0. The molecule has 1 fully saturated rings. The molecular weight excluding hydrogens is 401 g/mol. The minimum absolute atomic E-state index is 0.0293. The van der Waals surface area contributed by atoms with Crippen LogP contribution in [0.15, 0.2) is 53.9 Å². The molecule has 0 atom stereocenters. The van der Waals surface area contributed by atoms with Gasteiger partial charge in [0.15, 0.2) is 5.82 Å². The van der Waals surface area contributed by atoms with Crippen molar-refractivity contribution in [2.24, 2.45) is 0 Å². The van der Waals surface area contributed by atoms with Crippen molar-refractivity contribution in [3.05, 3.63) is 65.3 Å². The fourth-order valence-corrected chi connectivity index (χ4v) is 3.83. The topological polar surface area (TPSA) is 51.0 Å². The molecule has 3 heterocycles. The lowest BCUT2D eigenvalue weighted by molar-refractivity contribution is -0.137. The molecule has 1 aliphatic rings. The summed E-state index contributed by atoms with van der Waals surface area (Å²) >= 11 is 1.37. The number of hydrogen-bond acceptors (Lipinski definition) is 4. The van der Waals surface area contributed by atoms with Gasteiger partial charge in [-0.05, 0) is 42.5 Å². The zero-order valence-corrected chi connectivity index (χ0v) is 16.1. The average Bonchev–Trinajstić information content (AvgIpc) is 3.37. The molecule has 3 aromatic rings. The first kappa shape index (κ1) is 19.4. The van der Waals surface area contributed by atoms with E-state index in [4.69, 9.17) is 0 Å². The molecule has 150 valence electrons. The maximum atomic E-state index is 13.2. The van der Waals surface area contributed by atoms with E-state index in [2.05, 4.69) is 16.7 Å². The highest BCUT2D eigenvalue weighted by Gasteiger charge is 2.31. The Bertz CT molecular complexity index is 1050. The van der Waals surface area contributed by atoms with E-state index in [9.17, 15) is 18.0 Å². The zero-order valence-electron chi connectivity index (χ0n) is 15.3. The molecule has 29 heavy (non-hydrogen) atoms. The van der Waals surface area contributed by atoms with Crippen LogP contribution in [-0.2, 0) is 6.18 Å². The number of benzene rings is 1. The molecule has 0 N–H and O–H groups in total. The van der Waals surface area contributed by atoms with E-state index in [-0.39, 0.29) is 17.4 Å². The van der Waals surface area contributed by atoms with Crippen molar-refractivity contribution in [2.45, 2.75) is 19.0 Å². The third-order valence-electron chi connectivity index (χ3n) is 4.72. The molecule has 0 spiro atoms. The lowest BCUT2D eigenvalue weighted by atomic mass is 10.1. The number of aromatic nitrogens is 3. The summed E-state index contributed by atoms with van der Waals surface area (Å²) in [4.78, 5) is 19.6. The smallest absolute Gasteiger partial charge is 0.335 e. The molecule has 2 aromatic heterocycles. The molecule has 9 heteroatoms. The van der Waals surface area contributed by atoms with Crippen LogP contribution in [0.25, 0.3) is 16.4 Å². The molecule has 4 rings (SSSR count). The van der Waals surface area contributed by atoms with Gasteiger partial charge in [-0.15, -0.1) is 16.4 Å². The Balaban J connectivity index is 1.76. The number of piperidine rings is 1. The number of carbonyl (C=O) groups excluding carboxylic acids is 1. The Morgan fingerprint density at radius 3 is 2.55 bits per heavy atom. The highest BCUT2D eigenvalue weighted by atomic mass is 32.1. The number of hydrogen-bond donors (Lipinski definition) is 0. The van der Waals surface area contributed by atoms with E-state index < -0.39 is 11.7 Å². The van der Waals surface area contributed by atoms with E-state index >= 15 is 0 Å². The molecule has 1 saturated heterocycles. The molecule has 0 radical (unpaired) electrons. The summed E-state index contributed by atoms with van der Waals surface area (Å²) in [6.45, 7) is 5.00. The second-order valence-corrected chi connectivity index (χ2v) is 7.69. The van der Waals surface area contributed by atoms with Crippen LogP contribution < -0.4 is 0 Å². The van der Waals surface area contributed by atoms with Gasteiger partial charge in [-0.2, -0.15) is 13.2 Å². The van der Waals surface area contributed by atoms with Gasteiger partial charge in [0.2, 0.25) is 5.82 Å². The van der Waals surface area contributed by atoms with Crippen LogP contribution in [0, 0.1) is 0 Å². The Morgan fingerprint density at radius 2 is 1.90 bits per heavy atom. The summed E-state index contributed by atoms with van der Waals surface area (Å²) < 4.78 is 40.8. The zero-order chi connectivity index (χ0) is 20.6. The van der Waals surface area contributed by atoms with Crippen LogP contribution in [0.5, 0.6) is 0 Å². The predicted octanol–water partition coefficient (Wildman–Crippen LogP) is 4.81. The van der Waals surface area contributed by atoms with Crippen molar-refractivity contribution in [1.82, 2.24) is 19.7 Å². The van der Waals surface area contributed by atoms with E-state index in [1.54, 1.807) is 11.0 Å². The first-order valence-electron chi connectivity index (χ1n) is 8.97. The molecule has 0 bridgehead atoms. The predicted molar refractivity (Wildman–Crippen MR) is 104 cm³/mol. The van der Waals surface area contributed by atoms with Gasteiger partial charge in [0.1, 0.15) is 0 Å². The molecule has 0 unspecified atom stereocenters. The third-order valence-corrected chi connectivity index (χ3v) is 5.58. The van der Waals surface area contributed by atoms with Gasteiger partial charge in [0.25, 0.3) is 5.91 Å². The minimum Gasteiger partial charge on any atom is -0.335 e. The first-order valence-corrected chi connectivity index (χ1v) is 9.85. The fourth-order valence-electron chi connectivity index (χ4n) is 3.13. The SMILES string of the molecule is C=C1CCN(C(=O)c2nc(-c3cccs3)n(-c3cccc(C(F)(F)F)c3)n2)CC1. The highest BCUT2D eigenvalue weighted by molar-refractivity contribution is 7.13. The maximum absolute atomic E-state index is 13.2. The van der Waals surface area contributed by atoms with Crippen LogP contribution >= 0.6 is 11.3 Å². The Morgan fingerprint density at radius 1 is 1.14 bits per heavy atom. The van der Waals surface area contributed by atoms with E-state index in [0.717, 1.165) is 30.5 Å². The van der Waals surface area contributed by atoms with Gasteiger partial charge in [-0.25, -0.2) is 9.67 Å². The number of likely N-dealkylation sites (tertiary alicyclic amines) is 1. The summed E-state index contributed by atoms with van der Waals surface area (Å²) in [5.74, 6) is -0.0246. The lowest BCUT2D eigenvalue weighted by Gasteiger charge is -2.26. The number of rotatable bonds is 3. The molecule has 0 aliphatic carbocycles. The monoisotopic (exact) mass is 418 g/mol. The first-order chi connectivity index (χ1) is 13.8. The molecule has 0 saturated carbocycles. The maximum Gasteiger partial charge on any atom is 0.416 e. The fraction of sp³-hybridized carbons (Fsp3) is 0.250. The van der Waals surface area contributed by atoms with Gasteiger partial charge in [-0.3, -0.25) is 4.79 Å². The van der Waals surface area contributed by atoms with Gasteiger partial charge in [-0.1, -0.05) is 24.3 Å². The van der Waals surface area contributed by atoms with Crippen molar-refractivity contribution in [3.8, 4) is 16.4 Å². The summed E-state index contributed by atoms with van der Waals surface area (Å²) in [6.07, 6.45) is -3.04. The Labute approximate surface area is 169 Å². The van der Waals surface area contributed by atoms with Gasteiger partial charge >= 0.3 is 6.18 Å². The Hall–Kier alpha value is -2.94. The molecule has 1 aliphatic heterocycles. The van der Waals surface area contributed by atoms with Crippen molar-refractivity contribution in [2.75, 3.05) is 13.1 Å². The number of amides is 1. The van der Waals surface area contributed by atoms with E-state index in [1.165, 1.54) is 28.2 Å². The summed E-state index contributed by atoms with van der Waals surface area (Å²) in [5, 5.41) is 6.12. The van der Waals surface area contributed by atoms with Gasteiger partial charge in [0.05, 0.1) is 16.1 Å². The van der Waals surface area contributed by atoms with Crippen LogP contribution in [0.2, 0.25) is 0 Å². The van der Waals surface area contributed by atoms with Crippen molar-refractivity contribution >= 4 is 17.2 Å². The number of halogens is 3. The lowest BCUT2D eigenvalue weighted by Crippen LogP contribution is -2.36. The molecule has 1 aromatic carbocycles. The summed E-state index contributed by atoms with van der Waals surface area (Å²) in [5.41, 5.74) is 0.502.